The Bertz CT molecular complexity index is 1600. The van der Waals surface area contributed by atoms with Crippen molar-refractivity contribution in [1.82, 2.24) is 15.1 Å². The van der Waals surface area contributed by atoms with Crippen LogP contribution in [-0.4, -0.2) is 133 Å². The molecular weight excluding hydrogens is 607 g/mol. The van der Waals surface area contributed by atoms with E-state index in [1.54, 1.807) is 0 Å². The highest BCUT2D eigenvalue weighted by molar-refractivity contribution is 6.39. The number of carbonyl (C=O) groups is 3. The number of benzene rings is 2. The Labute approximate surface area is 254 Å². The van der Waals surface area contributed by atoms with Crippen LogP contribution in [0.2, 0.25) is 0 Å². The molecule has 0 saturated carbocycles. The van der Waals surface area contributed by atoms with Gasteiger partial charge in [-0.05, 0) is 18.2 Å². The molecule has 3 heterocycles. The Hall–Kier alpha value is -3.53. The second kappa shape index (κ2) is 10.2. The monoisotopic (exact) mass is 635 g/mol. The van der Waals surface area contributed by atoms with Crippen LogP contribution in [0.25, 0.3) is 0 Å². The van der Waals surface area contributed by atoms with E-state index in [2.05, 4.69) is 0 Å². The van der Waals surface area contributed by atoms with Crippen LogP contribution in [0, 0.1) is 5.82 Å². The third-order valence-electron chi connectivity index (χ3n) is 8.09. The molecule has 0 radical (unpaired) electrons. The first-order chi connectivity index (χ1) is 20.6. The highest BCUT2D eigenvalue weighted by atomic mass is 19.1. The number of aliphatic hydroxyl groups is 9. The number of hydrogen-bond donors (Lipinski definition) is 10. The van der Waals surface area contributed by atoms with Gasteiger partial charge >= 0.3 is 5.79 Å². The van der Waals surface area contributed by atoms with Crippen molar-refractivity contribution in [3.05, 3.63) is 64.5 Å². The topological polar surface area (TPSA) is 270 Å². The van der Waals surface area contributed by atoms with Crippen LogP contribution in [0.5, 0.6) is 5.75 Å². The molecule has 5 rings (SSSR count). The van der Waals surface area contributed by atoms with E-state index >= 15 is 4.39 Å². The van der Waals surface area contributed by atoms with Gasteiger partial charge in [-0.1, -0.05) is 18.2 Å². The number of carbonyl (C=O) groups excluding carboxylic acids is 3. The van der Waals surface area contributed by atoms with Gasteiger partial charge in [0.05, 0.1) is 29.7 Å². The summed E-state index contributed by atoms with van der Waals surface area (Å²) < 4.78 is 26.6. The predicted octanol–water partition coefficient (Wildman–Crippen LogP) is -7.03. The number of nitrogens with one attached hydrogen (secondary N) is 1. The van der Waals surface area contributed by atoms with E-state index in [-0.39, 0.29) is 37.4 Å². The summed E-state index contributed by atoms with van der Waals surface area (Å²) in [7, 11) is 2.66. The van der Waals surface area contributed by atoms with E-state index < -0.39 is 79.8 Å². The van der Waals surface area contributed by atoms with Gasteiger partial charge in [0.2, 0.25) is 0 Å². The van der Waals surface area contributed by atoms with Crippen molar-refractivity contribution in [1.29, 1.82) is 0 Å². The number of halogens is 1. The van der Waals surface area contributed by atoms with Crippen molar-refractivity contribution in [3.63, 3.8) is 0 Å². The minimum Gasteiger partial charge on any atom is -0.500 e. The number of imide groups is 1. The van der Waals surface area contributed by atoms with E-state index in [4.69, 9.17) is 9.47 Å². The van der Waals surface area contributed by atoms with Gasteiger partial charge in [0.15, 0.2) is 15.7 Å². The van der Waals surface area contributed by atoms with Crippen molar-refractivity contribution >= 4 is 33.4 Å². The summed E-state index contributed by atoms with van der Waals surface area (Å²) in [6.07, 6.45) is 0. The summed E-state index contributed by atoms with van der Waals surface area (Å²) in [6.45, 7) is 0.757. The molecule has 0 spiro atoms. The SMILES string of the molecule is BC(B)(Oc1cccc2c1C(O)(O)N(C1(O)C(=O)NC(=O)C(O)(O)C1(O)O)C2=O)c1ccc(C(O)(O)N2CCOCC2)cc1F. The lowest BCUT2D eigenvalue weighted by Crippen LogP contribution is -2.87. The molecule has 0 aliphatic carbocycles. The predicted molar refractivity (Wildman–Crippen MR) is 145 cm³/mol. The van der Waals surface area contributed by atoms with Crippen LogP contribution >= 0.6 is 0 Å². The van der Waals surface area contributed by atoms with Crippen molar-refractivity contribution in [3.8, 4) is 5.75 Å². The molecule has 17 nitrogen and oxygen atoms in total. The summed E-state index contributed by atoms with van der Waals surface area (Å²) in [5.41, 5.74) is -6.32. The smallest absolute Gasteiger partial charge is 0.306 e. The zero-order chi connectivity index (χ0) is 33.5. The van der Waals surface area contributed by atoms with E-state index in [9.17, 15) is 60.3 Å². The zero-order valence-corrected chi connectivity index (χ0v) is 23.6. The molecule has 2 aromatic carbocycles. The van der Waals surface area contributed by atoms with E-state index in [0.29, 0.717) is 0 Å². The Morgan fingerprint density at radius 1 is 0.933 bits per heavy atom. The molecule has 2 fully saturated rings. The zero-order valence-electron chi connectivity index (χ0n) is 23.6. The Morgan fingerprint density at radius 3 is 2.16 bits per heavy atom. The van der Waals surface area contributed by atoms with Crippen molar-refractivity contribution in [2.45, 2.75) is 34.5 Å². The number of ether oxygens (including phenoxy) is 2. The average molecular weight is 635 g/mol. The number of morpholine rings is 1. The summed E-state index contributed by atoms with van der Waals surface area (Å²) in [5.74, 6) is -22.9. The molecule has 20 heteroatoms. The second-order valence-electron chi connectivity index (χ2n) is 11.3. The number of rotatable bonds is 6. The molecule has 1 unspecified atom stereocenters. The van der Waals surface area contributed by atoms with Gasteiger partial charge in [-0.3, -0.25) is 19.7 Å². The average Bonchev–Trinajstić information content (AvgIpc) is 3.17. The molecule has 3 amide bonds. The highest BCUT2D eigenvalue weighted by Gasteiger charge is 2.79. The van der Waals surface area contributed by atoms with E-state index in [1.165, 1.54) is 38.0 Å². The Balaban J connectivity index is 1.52. The first-order valence-electron chi connectivity index (χ1n) is 13.3. The number of hydrogen-bond acceptors (Lipinski definition) is 15. The third-order valence-corrected chi connectivity index (χ3v) is 8.09. The Morgan fingerprint density at radius 2 is 1.56 bits per heavy atom. The molecule has 45 heavy (non-hydrogen) atoms. The van der Waals surface area contributed by atoms with Gasteiger partial charge in [0, 0.05) is 24.2 Å². The van der Waals surface area contributed by atoms with Gasteiger partial charge in [0.1, 0.15) is 11.6 Å². The molecule has 2 saturated heterocycles. The molecule has 10 N–H and O–H groups in total. The van der Waals surface area contributed by atoms with Gasteiger partial charge in [-0.15, -0.1) is 0 Å². The maximum Gasteiger partial charge on any atom is 0.306 e. The summed E-state index contributed by atoms with van der Waals surface area (Å²) in [4.78, 5) is 38.6. The molecule has 0 aromatic heterocycles. The lowest BCUT2D eigenvalue weighted by atomic mass is 9.60. The molecule has 0 bridgehead atoms. The third kappa shape index (κ3) is 4.57. The lowest BCUT2D eigenvalue weighted by molar-refractivity contribution is -0.433. The van der Waals surface area contributed by atoms with E-state index in [1.807, 2.05) is 0 Å². The van der Waals surface area contributed by atoms with Crippen LogP contribution in [0.3, 0.4) is 0 Å². The number of nitrogens with zero attached hydrogens (tertiary/aromatic N) is 2. The quantitative estimate of drug-likeness (QED) is 0.0803. The largest absolute Gasteiger partial charge is 0.500 e. The molecule has 3 aliphatic heterocycles. The fourth-order valence-electron chi connectivity index (χ4n) is 5.58. The minimum atomic E-state index is -4.63. The molecule has 1 atom stereocenters. The van der Waals surface area contributed by atoms with Gasteiger partial charge in [0.25, 0.3) is 41.1 Å². The van der Waals surface area contributed by atoms with Crippen LogP contribution in [-0.2, 0) is 31.5 Å². The maximum absolute atomic E-state index is 15.5. The maximum atomic E-state index is 15.5. The highest BCUT2D eigenvalue weighted by Crippen LogP contribution is 2.49. The first-order valence-corrected chi connectivity index (χ1v) is 13.3. The summed E-state index contributed by atoms with van der Waals surface area (Å²) >= 11 is 0. The summed E-state index contributed by atoms with van der Waals surface area (Å²) in [5, 5.41) is 95.2. The van der Waals surface area contributed by atoms with Crippen LogP contribution in [0.15, 0.2) is 36.4 Å². The van der Waals surface area contributed by atoms with Gasteiger partial charge < -0.3 is 55.4 Å². The van der Waals surface area contributed by atoms with Crippen molar-refractivity contribution < 1.29 is 74.2 Å². The standard InChI is InChI=1S/C25H28B2FN3O14/c26-22(27,13-5-4-11(10-14(13)28)23(38,39)30-6-8-44-9-7-30)45-15-3-1-2-12-16(15)24(40,41)31(17(12)32)20(35)18(33)29-19(34)21(36,37)25(20,42)43/h1-5,10,35-43H,6-9,26-27H2,(H,29,33,34). The molecule has 2 aromatic rings. The molecule has 3 aliphatic rings. The number of amides is 3. The fourth-order valence-corrected chi connectivity index (χ4v) is 5.58. The van der Waals surface area contributed by atoms with Gasteiger partial charge in [-0.25, -0.2) is 14.2 Å². The van der Waals surface area contributed by atoms with Crippen molar-refractivity contribution in [2.75, 3.05) is 26.3 Å². The second-order valence-corrected chi connectivity index (χ2v) is 11.3. The molecule has 240 valence electrons. The summed E-state index contributed by atoms with van der Waals surface area (Å²) in [6, 6.07) is 6.44. The van der Waals surface area contributed by atoms with E-state index in [0.717, 1.165) is 24.3 Å². The van der Waals surface area contributed by atoms with Crippen LogP contribution in [0.1, 0.15) is 27.0 Å². The number of piperidine rings is 1. The molecular formula is C25H28B2FN3O14. The first kappa shape index (κ1) is 32.9. The minimum absolute atomic E-state index is 0.155. The fraction of sp³-hybridized carbons (Fsp3) is 0.400. The van der Waals surface area contributed by atoms with Crippen LogP contribution in [0.4, 0.5) is 4.39 Å². The van der Waals surface area contributed by atoms with Crippen molar-refractivity contribution in [2.24, 2.45) is 0 Å². The normalized spacial score (nSPS) is 24.8. The Kier molecular flexibility index (Phi) is 7.47. The lowest BCUT2D eigenvalue weighted by Gasteiger charge is -2.51. The van der Waals surface area contributed by atoms with Gasteiger partial charge in [-0.2, -0.15) is 0 Å². The van der Waals surface area contributed by atoms with Crippen LogP contribution < -0.4 is 10.1 Å². The number of fused-ring (bicyclic) bond motifs is 1.